The van der Waals surface area contributed by atoms with Gasteiger partial charge < -0.3 is 54.6 Å². The van der Waals surface area contributed by atoms with Crippen molar-refractivity contribution in [2.75, 3.05) is 26.4 Å². The summed E-state index contributed by atoms with van der Waals surface area (Å²) in [5.41, 5.74) is 0.586. The molecule has 1 fully saturated rings. The van der Waals surface area contributed by atoms with Gasteiger partial charge in [0.15, 0.2) is 0 Å². The van der Waals surface area contributed by atoms with Gasteiger partial charge in [0, 0.05) is 46.5 Å². The Morgan fingerprint density at radius 2 is 0.604 bits per heavy atom. The molecule has 4 N–H and O–H groups in total. The van der Waals surface area contributed by atoms with Gasteiger partial charge in [0.1, 0.15) is 0 Å². The summed E-state index contributed by atoms with van der Waals surface area (Å²) in [5.74, 6) is -2.70. The molecule has 0 radical (unpaired) electrons. The second-order valence-electron chi connectivity index (χ2n) is 11.3. The van der Waals surface area contributed by atoms with Crippen LogP contribution in [0.4, 0.5) is 0 Å². The Bertz CT molecular complexity index is 1030. The zero-order valence-electron chi connectivity index (χ0n) is 28.0. The first-order valence-corrected chi connectivity index (χ1v) is 23.0. The maximum absolute atomic E-state index is 11.8. The van der Waals surface area contributed by atoms with Crippen molar-refractivity contribution < 1.29 is 73.8 Å². The van der Waals surface area contributed by atoms with E-state index >= 15 is 0 Å². The van der Waals surface area contributed by atoms with E-state index in [9.17, 15) is 38.4 Å². The summed E-state index contributed by atoms with van der Waals surface area (Å²) in [6, 6.07) is -1.39. The third kappa shape index (κ3) is 16.2. The second kappa shape index (κ2) is 19.5. The van der Waals surface area contributed by atoms with E-state index in [-0.39, 0.29) is 98.6 Å². The highest BCUT2D eigenvalue weighted by Gasteiger charge is 2.64. The van der Waals surface area contributed by atoms with Gasteiger partial charge in [-0.05, 0) is 53.4 Å². The van der Waals surface area contributed by atoms with E-state index in [0.29, 0.717) is 0 Å². The first-order valence-electron chi connectivity index (χ1n) is 15.1. The van der Waals surface area contributed by atoms with Gasteiger partial charge in [-0.25, -0.2) is 19.2 Å². The Morgan fingerprint density at radius 1 is 0.438 bits per heavy atom. The smallest absolute Gasteiger partial charge is 0.462 e. The Hall–Kier alpha value is -2.61. The molecule has 0 saturated carbocycles. The van der Waals surface area contributed by atoms with Gasteiger partial charge >= 0.3 is 59.1 Å². The second-order valence-corrected chi connectivity index (χ2v) is 22.3. The molecule has 0 aliphatic carbocycles. The van der Waals surface area contributed by atoms with Crippen molar-refractivity contribution >= 4 is 59.1 Å². The molecule has 0 aromatic heterocycles. The van der Waals surface area contributed by atoms with E-state index in [2.05, 4.69) is 26.3 Å². The largest absolute Gasteiger partial charge is 0.483 e. The third-order valence-electron chi connectivity index (χ3n) is 6.15. The first-order chi connectivity index (χ1) is 22.1. The molecule has 0 atom stereocenters. The average Bonchev–Trinajstić information content (AvgIpc) is 2.96. The molecule has 1 aliphatic heterocycles. The molecular weight excluding hydrogens is 705 g/mol. The van der Waals surface area contributed by atoms with Gasteiger partial charge in [-0.15, -0.1) is 0 Å². The Labute approximate surface area is 285 Å². The molecule has 1 heterocycles. The molecule has 20 heteroatoms. The fraction of sp³-hybridized carbons (Fsp3) is 0.571. The van der Waals surface area contributed by atoms with Gasteiger partial charge in [0.2, 0.25) is 0 Å². The number of ether oxygens (including phenoxy) is 4. The van der Waals surface area contributed by atoms with Gasteiger partial charge in [-0.3, -0.25) is 0 Å². The third-order valence-corrected chi connectivity index (χ3v) is 20.3. The molecule has 0 bridgehead atoms. The van der Waals surface area contributed by atoms with Gasteiger partial charge in [0.05, 0.1) is 26.4 Å². The van der Waals surface area contributed by atoms with E-state index in [1.165, 1.54) is 27.7 Å². The van der Waals surface area contributed by atoms with Crippen LogP contribution in [0.5, 0.6) is 0 Å². The van der Waals surface area contributed by atoms with Crippen molar-refractivity contribution in [3.05, 3.63) is 48.6 Å². The fourth-order valence-electron chi connectivity index (χ4n) is 3.82. The summed E-state index contributed by atoms with van der Waals surface area (Å²) in [6.45, 7) is 19.0. The predicted molar refractivity (Wildman–Crippen MR) is 177 cm³/mol. The van der Waals surface area contributed by atoms with Gasteiger partial charge in [0.25, 0.3) is 0 Å². The standard InChI is InChI=1S/C28H48O16Si4/c1-21(2)25(29)37-13-9-17-45(33)41-46(34,18-10-14-38-26(30)22(3)4)43-48(36,20-12-16-40-28(32)24(7)8)44-47(35,42-45)19-11-15-39-27(31)23(5)6/h33-36H,1,3,5,7,9-20H2,2,4,6,8H3. The van der Waals surface area contributed by atoms with E-state index in [1.807, 2.05) is 0 Å². The highest BCUT2D eigenvalue weighted by Crippen LogP contribution is 2.35. The highest BCUT2D eigenvalue weighted by molar-refractivity contribution is 6.87. The van der Waals surface area contributed by atoms with Crippen molar-refractivity contribution in [2.24, 2.45) is 0 Å². The summed E-state index contributed by atoms with van der Waals surface area (Å²) in [4.78, 5) is 93.9. The zero-order valence-corrected chi connectivity index (χ0v) is 32.0. The number of hydrogen-bond donors (Lipinski definition) is 4. The summed E-state index contributed by atoms with van der Waals surface area (Å²) in [6.07, 6.45) is -0.171. The lowest BCUT2D eigenvalue weighted by Gasteiger charge is -2.44. The number of carbonyl (C=O) groups is 4. The SMILES string of the molecule is C=C(C)C(=O)OCCC[Si]1(O)O[Si](O)(CCCOC(=O)C(=C)C)O[Si](O)(CCCOC(=O)C(=C)C)O[Si](O)(CCCOC(=O)C(=C)C)O1. The van der Waals surface area contributed by atoms with E-state index < -0.39 is 59.1 Å². The summed E-state index contributed by atoms with van der Waals surface area (Å²) in [7, 11) is -18.7. The lowest BCUT2D eigenvalue weighted by Crippen LogP contribution is -2.71. The predicted octanol–water partition coefficient (Wildman–Crippen LogP) is 1.83. The molecule has 0 amide bonds. The molecule has 0 aromatic carbocycles. The minimum Gasteiger partial charge on any atom is -0.462 e. The molecule has 0 aromatic rings. The van der Waals surface area contributed by atoms with Crippen LogP contribution in [0.3, 0.4) is 0 Å². The van der Waals surface area contributed by atoms with Crippen LogP contribution in [-0.4, -0.2) is 105 Å². The molecule has 1 aliphatic rings. The average molecular weight is 753 g/mol. The van der Waals surface area contributed by atoms with Gasteiger partial charge in [-0.1, -0.05) is 26.3 Å². The van der Waals surface area contributed by atoms with Crippen LogP contribution >= 0.6 is 0 Å². The van der Waals surface area contributed by atoms with Crippen molar-refractivity contribution in [3.63, 3.8) is 0 Å². The number of rotatable bonds is 20. The molecule has 16 nitrogen and oxygen atoms in total. The van der Waals surface area contributed by atoms with Gasteiger partial charge in [-0.2, -0.15) is 0 Å². The summed E-state index contributed by atoms with van der Waals surface area (Å²) >= 11 is 0. The lowest BCUT2D eigenvalue weighted by atomic mass is 10.4. The van der Waals surface area contributed by atoms with Crippen LogP contribution in [0, 0.1) is 0 Å². The summed E-state index contributed by atoms with van der Waals surface area (Å²) in [5, 5.41) is 0. The minimum atomic E-state index is -4.67. The van der Waals surface area contributed by atoms with E-state index in [1.54, 1.807) is 0 Å². The molecule has 48 heavy (non-hydrogen) atoms. The highest BCUT2D eigenvalue weighted by atomic mass is 28.5. The van der Waals surface area contributed by atoms with Crippen LogP contribution in [-0.2, 0) is 54.6 Å². The van der Waals surface area contributed by atoms with Crippen LogP contribution in [0.2, 0.25) is 24.2 Å². The molecule has 0 spiro atoms. The summed E-state index contributed by atoms with van der Waals surface area (Å²) < 4.78 is 43.6. The van der Waals surface area contributed by atoms with E-state index in [4.69, 9.17) is 35.4 Å². The maximum atomic E-state index is 11.8. The normalized spacial score (nSPS) is 25.5. The number of carbonyl (C=O) groups excluding carboxylic acids is 4. The van der Waals surface area contributed by atoms with Crippen LogP contribution in [0.15, 0.2) is 48.6 Å². The van der Waals surface area contributed by atoms with Crippen molar-refractivity contribution in [3.8, 4) is 0 Å². The maximum Gasteiger partial charge on any atom is 0.483 e. The molecule has 1 rings (SSSR count). The number of esters is 4. The topological polar surface area (TPSA) is 223 Å². The Balaban J connectivity index is 3.34. The fourth-order valence-corrected chi connectivity index (χ4v) is 19.6. The molecule has 0 unspecified atom stereocenters. The van der Waals surface area contributed by atoms with Crippen LogP contribution < -0.4 is 0 Å². The number of hydrogen-bond acceptors (Lipinski definition) is 16. The van der Waals surface area contributed by atoms with Crippen LogP contribution in [0.25, 0.3) is 0 Å². The van der Waals surface area contributed by atoms with Crippen molar-refractivity contribution in [2.45, 2.75) is 77.6 Å². The van der Waals surface area contributed by atoms with Crippen molar-refractivity contribution in [1.29, 1.82) is 0 Å². The first kappa shape index (κ1) is 43.4. The Kier molecular flexibility index (Phi) is 17.7. The lowest BCUT2D eigenvalue weighted by molar-refractivity contribution is -0.139. The zero-order chi connectivity index (χ0) is 36.8. The minimum absolute atomic E-state index is 0.0427. The van der Waals surface area contributed by atoms with Crippen LogP contribution in [0.1, 0.15) is 53.4 Å². The molecule has 272 valence electrons. The Morgan fingerprint density at radius 3 is 0.750 bits per heavy atom. The molecular formula is C28H48O16Si4. The molecule has 1 saturated heterocycles. The van der Waals surface area contributed by atoms with Crippen molar-refractivity contribution in [1.82, 2.24) is 0 Å². The monoisotopic (exact) mass is 752 g/mol. The van der Waals surface area contributed by atoms with E-state index in [0.717, 1.165) is 0 Å². The quantitative estimate of drug-likeness (QED) is 0.0458.